The summed E-state index contributed by atoms with van der Waals surface area (Å²) in [5.74, 6) is 1.32. The number of hydrogen-bond donors (Lipinski definition) is 0. The van der Waals surface area contributed by atoms with Crippen molar-refractivity contribution in [1.82, 2.24) is 5.01 Å². The Morgan fingerprint density at radius 1 is 1.07 bits per heavy atom. The molecule has 4 nitrogen and oxygen atoms in total. The van der Waals surface area contributed by atoms with Crippen LogP contribution < -0.4 is 9.47 Å². The number of ether oxygens (including phenoxy) is 2. The van der Waals surface area contributed by atoms with Crippen molar-refractivity contribution < 1.29 is 13.9 Å². The summed E-state index contributed by atoms with van der Waals surface area (Å²) in [6.07, 6.45) is 0.312. The predicted octanol–water partition coefficient (Wildman–Crippen LogP) is 5.73. The van der Waals surface area contributed by atoms with Gasteiger partial charge < -0.3 is 9.47 Å². The summed E-state index contributed by atoms with van der Waals surface area (Å²) in [6.45, 7) is 0. The highest BCUT2D eigenvalue weighted by atomic mass is 35.5. The van der Waals surface area contributed by atoms with E-state index in [2.05, 4.69) is 0 Å². The molecular formula is C23H18ClFN2O2. The van der Waals surface area contributed by atoms with Crippen molar-refractivity contribution in [1.29, 1.82) is 0 Å². The highest BCUT2D eigenvalue weighted by Crippen LogP contribution is 2.48. The second-order valence-corrected chi connectivity index (χ2v) is 7.52. The fraction of sp³-hybridized carbons (Fsp3) is 0.174. The molecule has 2 aliphatic rings. The van der Waals surface area contributed by atoms with Crippen LogP contribution in [0.5, 0.6) is 11.5 Å². The van der Waals surface area contributed by atoms with Gasteiger partial charge in [0.2, 0.25) is 6.23 Å². The van der Waals surface area contributed by atoms with Crippen molar-refractivity contribution >= 4 is 17.3 Å². The summed E-state index contributed by atoms with van der Waals surface area (Å²) < 4.78 is 25.0. The molecule has 3 aromatic rings. The lowest BCUT2D eigenvalue weighted by molar-refractivity contribution is -0.0190. The first kappa shape index (κ1) is 18.0. The predicted molar refractivity (Wildman–Crippen MR) is 110 cm³/mol. The zero-order valence-corrected chi connectivity index (χ0v) is 16.4. The van der Waals surface area contributed by atoms with Crippen molar-refractivity contribution in [2.24, 2.45) is 5.10 Å². The summed E-state index contributed by atoms with van der Waals surface area (Å²) in [5, 5.41) is 7.50. The van der Waals surface area contributed by atoms with Crippen LogP contribution in [0, 0.1) is 5.82 Å². The molecule has 5 rings (SSSR count). The fourth-order valence-corrected chi connectivity index (χ4v) is 4.04. The first-order valence-electron chi connectivity index (χ1n) is 9.34. The lowest BCUT2D eigenvalue weighted by Gasteiger charge is -2.38. The highest BCUT2D eigenvalue weighted by Gasteiger charge is 2.41. The van der Waals surface area contributed by atoms with E-state index in [0.717, 1.165) is 33.9 Å². The smallest absolute Gasteiger partial charge is 0.213 e. The number of methoxy groups -OCH3 is 1. The Morgan fingerprint density at radius 3 is 2.55 bits per heavy atom. The molecule has 0 aliphatic carbocycles. The van der Waals surface area contributed by atoms with Gasteiger partial charge in [0.1, 0.15) is 17.3 Å². The molecule has 2 atom stereocenters. The van der Waals surface area contributed by atoms with Crippen molar-refractivity contribution in [3.05, 3.63) is 94.3 Å². The van der Waals surface area contributed by atoms with Crippen LogP contribution in [0.15, 0.2) is 71.8 Å². The molecule has 0 aromatic heterocycles. The third-order valence-corrected chi connectivity index (χ3v) is 5.57. The molecular weight excluding hydrogens is 391 g/mol. The molecule has 0 unspecified atom stereocenters. The number of nitrogens with zero attached hydrogens (tertiary/aromatic N) is 2. The molecule has 0 radical (unpaired) electrons. The van der Waals surface area contributed by atoms with Crippen molar-refractivity contribution in [3.8, 4) is 11.5 Å². The summed E-state index contributed by atoms with van der Waals surface area (Å²) in [7, 11) is 1.64. The van der Waals surface area contributed by atoms with E-state index in [1.165, 1.54) is 12.1 Å². The van der Waals surface area contributed by atoms with Crippen LogP contribution in [0.3, 0.4) is 0 Å². The van der Waals surface area contributed by atoms with Gasteiger partial charge in [-0.05, 0) is 60.2 Å². The van der Waals surface area contributed by atoms with Crippen molar-refractivity contribution in [2.45, 2.75) is 18.7 Å². The van der Waals surface area contributed by atoms with E-state index in [4.69, 9.17) is 26.2 Å². The first-order valence-corrected chi connectivity index (χ1v) is 9.72. The Kier molecular flexibility index (Phi) is 4.40. The number of rotatable bonds is 3. The zero-order valence-electron chi connectivity index (χ0n) is 15.7. The summed E-state index contributed by atoms with van der Waals surface area (Å²) >= 11 is 6.26. The second-order valence-electron chi connectivity index (χ2n) is 7.08. The van der Waals surface area contributed by atoms with E-state index in [9.17, 15) is 4.39 Å². The summed E-state index contributed by atoms with van der Waals surface area (Å²) in [6, 6.07) is 19.9. The minimum absolute atomic E-state index is 0.00963. The minimum Gasteiger partial charge on any atom is -0.497 e. The Hall–Kier alpha value is -3.05. The van der Waals surface area contributed by atoms with Gasteiger partial charge in [-0.1, -0.05) is 23.7 Å². The van der Waals surface area contributed by atoms with E-state index < -0.39 is 0 Å². The molecule has 3 aromatic carbocycles. The summed E-state index contributed by atoms with van der Waals surface area (Å²) in [4.78, 5) is 0. The number of hydrogen-bond acceptors (Lipinski definition) is 4. The van der Waals surface area contributed by atoms with Crippen molar-refractivity contribution in [2.75, 3.05) is 7.11 Å². The maximum Gasteiger partial charge on any atom is 0.213 e. The van der Waals surface area contributed by atoms with Crippen molar-refractivity contribution in [3.63, 3.8) is 0 Å². The van der Waals surface area contributed by atoms with Gasteiger partial charge in [0.05, 0.1) is 18.9 Å². The van der Waals surface area contributed by atoms with Gasteiger partial charge in [0.15, 0.2) is 0 Å². The van der Waals surface area contributed by atoms with Gasteiger partial charge in [-0.15, -0.1) is 0 Å². The third kappa shape index (κ3) is 3.21. The molecule has 0 saturated heterocycles. The van der Waals surface area contributed by atoms with Gasteiger partial charge in [0.25, 0.3) is 0 Å². The van der Waals surface area contributed by atoms with Gasteiger partial charge in [-0.2, -0.15) is 5.10 Å². The van der Waals surface area contributed by atoms with Gasteiger partial charge in [-0.3, -0.25) is 0 Å². The number of hydrazone groups is 1. The molecule has 0 spiro atoms. The van der Waals surface area contributed by atoms with Crippen LogP contribution in [0.4, 0.5) is 4.39 Å². The van der Waals surface area contributed by atoms with Crippen LogP contribution in [0.1, 0.15) is 35.4 Å². The summed E-state index contributed by atoms with van der Waals surface area (Å²) in [5.41, 5.74) is 3.77. The topological polar surface area (TPSA) is 34.1 Å². The average Bonchev–Trinajstić information content (AvgIpc) is 3.20. The van der Waals surface area contributed by atoms with E-state index >= 15 is 0 Å². The fourth-order valence-electron chi connectivity index (χ4n) is 3.86. The number of benzene rings is 3. The maximum absolute atomic E-state index is 13.4. The van der Waals surface area contributed by atoms with Gasteiger partial charge >= 0.3 is 0 Å². The molecule has 0 amide bonds. The third-order valence-electron chi connectivity index (χ3n) is 5.33. The van der Waals surface area contributed by atoms with Crippen LogP contribution in [0.25, 0.3) is 0 Å². The van der Waals surface area contributed by atoms with E-state index in [1.807, 2.05) is 47.5 Å². The standard InChI is InChI=1S/C23H18ClFN2O2/c1-28-18-9-4-15(5-10-18)23-27-21(19-12-16(24)6-11-22(19)29-23)13-20(26-27)14-2-7-17(25)8-3-14/h2-12,21,23H,13H2,1H3/t21-,23+/m0/s1. The average molecular weight is 409 g/mol. The molecule has 6 heteroatoms. The minimum atomic E-state index is -0.377. The molecule has 0 saturated carbocycles. The highest BCUT2D eigenvalue weighted by molar-refractivity contribution is 6.30. The second kappa shape index (κ2) is 7.08. The molecule has 2 aliphatic heterocycles. The first-order chi connectivity index (χ1) is 14.1. The maximum atomic E-state index is 13.4. The SMILES string of the molecule is COc1ccc([C@H]2Oc3ccc(Cl)cc3[C@@H]3CC(c4ccc(F)cc4)=NN23)cc1. The van der Waals surface area contributed by atoms with Gasteiger partial charge in [-0.25, -0.2) is 9.40 Å². The lowest BCUT2D eigenvalue weighted by atomic mass is 9.96. The number of halogens is 2. The van der Waals surface area contributed by atoms with E-state index in [0.29, 0.717) is 11.4 Å². The molecule has 0 bridgehead atoms. The quantitative estimate of drug-likeness (QED) is 0.555. The molecule has 0 N–H and O–H groups in total. The molecule has 2 heterocycles. The van der Waals surface area contributed by atoms with Crippen LogP contribution in [-0.2, 0) is 0 Å². The zero-order chi connectivity index (χ0) is 20.0. The lowest BCUT2D eigenvalue weighted by Crippen LogP contribution is -2.33. The Bertz CT molecular complexity index is 1080. The van der Waals surface area contributed by atoms with E-state index in [-0.39, 0.29) is 18.1 Å². The van der Waals surface area contributed by atoms with Crippen LogP contribution in [-0.4, -0.2) is 17.8 Å². The van der Waals surface area contributed by atoms with Gasteiger partial charge in [0, 0.05) is 22.6 Å². The molecule has 29 heavy (non-hydrogen) atoms. The Morgan fingerprint density at radius 2 is 1.83 bits per heavy atom. The van der Waals surface area contributed by atoms with Crippen LogP contribution in [0.2, 0.25) is 5.02 Å². The largest absolute Gasteiger partial charge is 0.497 e. The van der Waals surface area contributed by atoms with E-state index in [1.54, 1.807) is 19.2 Å². The normalized spacial score (nSPS) is 19.8. The van der Waals surface area contributed by atoms with Crippen LogP contribution >= 0.6 is 11.6 Å². The Balaban J connectivity index is 1.58. The number of fused-ring (bicyclic) bond motifs is 3. The molecule has 0 fully saturated rings. The molecule has 146 valence electrons. The Labute approximate surface area is 173 Å². The monoisotopic (exact) mass is 408 g/mol.